The molecule has 1 aromatic carbocycles. The smallest absolute Gasteiger partial charge is 0.134 e. The summed E-state index contributed by atoms with van der Waals surface area (Å²) in [5, 5.41) is 4.19. The molecule has 0 amide bonds. The van der Waals surface area contributed by atoms with Gasteiger partial charge < -0.3 is 9.73 Å². The quantitative estimate of drug-likeness (QED) is 0.787. The maximum Gasteiger partial charge on any atom is 0.134 e. The fraction of sp³-hybridized carbons (Fsp3) is 0.235. The molecule has 3 rings (SSSR count). The summed E-state index contributed by atoms with van der Waals surface area (Å²) in [6.07, 6.45) is 3.61. The number of halogens is 1. The van der Waals surface area contributed by atoms with Crippen LogP contribution in [-0.2, 0) is 0 Å². The Bertz CT molecular complexity index is 766. The minimum atomic E-state index is -0.255. The molecule has 0 aliphatic carbocycles. The van der Waals surface area contributed by atoms with Crippen molar-refractivity contribution in [1.82, 2.24) is 10.3 Å². The maximum atomic E-state index is 13.3. The number of aryl methyl sites for hydroxylation is 1. The van der Waals surface area contributed by atoms with Gasteiger partial charge in [0.25, 0.3) is 0 Å². The van der Waals surface area contributed by atoms with Crippen LogP contribution < -0.4 is 5.32 Å². The first kappa shape index (κ1) is 13.8. The fourth-order valence-electron chi connectivity index (χ4n) is 2.55. The second-order valence-electron chi connectivity index (χ2n) is 5.05. The Hall–Kier alpha value is -2.20. The molecular weight excluding hydrogens is 267 g/mol. The van der Waals surface area contributed by atoms with E-state index < -0.39 is 0 Å². The fourth-order valence-corrected chi connectivity index (χ4v) is 2.55. The summed E-state index contributed by atoms with van der Waals surface area (Å²) in [4.78, 5) is 4.13. The van der Waals surface area contributed by atoms with Gasteiger partial charge in [0.15, 0.2) is 0 Å². The zero-order valence-electron chi connectivity index (χ0n) is 12.1. The Morgan fingerprint density at radius 1 is 1.29 bits per heavy atom. The van der Waals surface area contributed by atoms with E-state index in [4.69, 9.17) is 4.42 Å². The van der Waals surface area contributed by atoms with Crippen LogP contribution in [0.25, 0.3) is 11.0 Å². The van der Waals surface area contributed by atoms with Crippen molar-refractivity contribution in [1.29, 1.82) is 0 Å². The SMILES string of the molecule is CCNC(c1cc2cc(F)ccc2o1)c1ccncc1C. The molecule has 2 aromatic heterocycles. The molecule has 0 bridgehead atoms. The molecule has 0 spiro atoms. The van der Waals surface area contributed by atoms with E-state index in [9.17, 15) is 4.39 Å². The lowest BCUT2D eigenvalue weighted by atomic mass is 10.0. The molecule has 3 aromatic rings. The topological polar surface area (TPSA) is 38.1 Å². The maximum absolute atomic E-state index is 13.3. The van der Waals surface area contributed by atoms with Crippen molar-refractivity contribution in [3.63, 3.8) is 0 Å². The number of pyridine rings is 1. The van der Waals surface area contributed by atoms with Crippen LogP contribution in [0.2, 0.25) is 0 Å². The summed E-state index contributed by atoms with van der Waals surface area (Å²) >= 11 is 0. The van der Waals surface area contributed by atoms with Gasteiger partial charge in [-0.3, -0.25) is 4.98 Å². The standard InChI is InChI=1S/C17H17FN2O/c1-3-20-17(14-6-7-19-10-11(14)2)16-9-12-8-13(18)4-5-15(12)21-16/h4-10,17,20H,3H2,1-2H3. The van der Waals surface area contributed by atoms with Gasteiger partial charge in [-0.05, 0) is 54.9 Å². The highest BCUT2D eigenvalue weighted by Gasteiger charge is 2.19. The monoisotopic (exact) mass is 284 g/mol. The number of rotatable bonds is 4. The van der Waals surface area contributed by atoms with Gasteiger partial charge in [-0.1, -0.05) is 6.92 Å². The van der Waals surface area contributed by atoms with E-state index in [2.05, 4.69) is 10.3 Å². The van der Waals surface area contributed by atoms with E-state index in [-0.39, 0.29) is 11.9 Å². The van der Waals surface area contributed by atoms with Crippen molar-refractivity contribution in [2.75, 3.05) is 6.54 Å². The molecule has 108 valence electrons. The molecular formula is C17H17FN2O. The van der Waals surface area contributed by atoms with E-state index in [1.54, 1.807) is 12.3 Å². The van der Waals surface area contributed by atoms with Crippen LogP contribution in [0.1, 0.15) is 29.9 Å². The minimum Gasteiger partial charge on any atom is -0.459 e. The van der Waals surface area contributed by atoms with Gasteiger partial charge in [0.2, 0.25) is 0 Å². The predicted molar refractivity (Wildman–Crippen MR) is 80.7 cm³/mol. The second-order valence-corrected chi connectivity index (χ2v) is 5.05. The van der Waals surface area contributed by atoms with Crippen LogP contribution >= 0.6 is 0 Å². The molecule has 1 atom stereocenters. The Kier molecular flexibility index (Phi) is 3.71. The highest BCUT2D eigenvalue weighted by molar-refractivity contribution is 5.78. The first-order chi connectivity index (χ1) is 10.2. The molecule has 0 saturated heterocycles. The zero-order chi connectivity index (χ0) is 14.8. The molecule has 1 unspecified atom stereocenters. The van der Waals surface area contributed by atoms with Gasteiger partial charge in [-0.15, -0.1) is 0 Å². The molecule has 0 saturated carbocycles. The molecule has 4 heteroatoms. The van der Waals surface area contributed by atoms with E-state index in [0.29, 0.717) is 5.58 Å². The average molecular weight is 284 g/mol. The molecule has 0 aliphatic heterocycles. The average Bonchev–Trinajstić information content (AvgIpc) is 2.88. The number of benzene rings is 1. The lowest BCUT2D eigenvalue weighted by molar-refractivity contribution is 0.475. The zero-order valence-corrected chi connectivity index (χ0v) is 12.1. The van der Waals surface area contributed by atoms with Crippen molar-refractivity contribution in [2.24, 2.45) is 0 Å². The highest BCUT2D eigenvalue weighted by Crippen LogP contribution is 2.29. The van der Waals surface area contributed by atoms with Crippen molar-refractivity contribution in [2.45, 2.75) is 19.9 Å². The van der Waals surface area contributed by atoms with Gasteiger partial charge in [-0.25, -0.2) is 4.39 Å². The summed E-state index contributed by atoms with van der Waals surface area (Å²) in [5.41, 5.74) is 2.91. The van der Waals surface area contributed by atoms with E-state index in [1.807, 2.05) is 32.2 Å². The molecule has 1 N–H and O–H groups in total. The normalized spacial score (nSPS) is 12.7. The van der Waals surface area contributed by atoms with E-state index >= 15 is 0 Å². The summed E-state index contributed by atoms with van der Waals surface area (Å²) in [6.45, 7) is 4.87. The minimum absolute atomic E-state index is 0.0616. The molecule has 21 heavy (non-hydrogen) atoms. The van der Waals surface area contributed by atoms with Crippen molar-refractivity contribution < 1.29 is 8.81 Å². The Labute approximate surface area is 122 Å². The van der Waals surface area contributed by atoms with Gasteiger partial charge >= 0.3 is 0 Å². The highest BCUT2D eigenvalue weighted by atomic mass is 19.1. The summed E-state index contributed by atoms with van der Waals surface area (Å²) < 4.78 is 19.2. The van der Waals surface area contributed by atoms with Crippen LogP contribution in [0, 0.1) is 12.7 Å². The van der Waals surface area contributed by atoms with Gasteiger partial charge in [0, 0.05) is 17.8 Å². The van der Waals surface area contributed by atoms with Crippen LogP contribution in [0.4, 0.5) is 4.39 Å². The van der Waals surface area contributed by atoms with Crippen LogP contribution in [-0.4, -0.2) is 11.5 Å². The van der Waals surface area contributed by atoms with Gasteiger partial charge in [-0.2, -0.15) is 0 Å². The van der Waals surface area contributed by atoms with Crippen LogP contribution in [0.3, 0.4) is 0 Å². The lowest BCUT2D eigenvalue weighted by Gasteiger charge is -2.17. The summed E-state index contributed by atoms with van der Waals surface area (Å²) in [7, 11) is 0. The molecule has 0 radical (unpaired) electrons. The first-order valence-electron chi connectivity index (χ1n) is 7.02. The third kappa shape index (κ3) is 2.67. The predicted octanol–water partition coefficient (Wildman–Crippen LogP) is 3.97. The van der Waals surface area contributed by atoms with Crippen LogP contribution in [0.15, 0.2) is 47.1 Å². The number of aromatic nitrogens is 1. The number of furan rings is 1. The van der Waals surface area contributed by atoms with E-state index in [0.717, 1.165) is 28.8 Å². The third-order valence-electron chi connectivity index (χ3n) is 3.56. The Balaban J connectivity index is 2.09. The van der Waals surface area contributed by atoms with Crippen molar-refractivity contribution in [3.05, 3.63) is 65.4 Å². The third-order valence-corrected chi connectivity index (χ3v) is 3.56. The number of hydrogen-bond acceptors (Lipinski definition) is 3. The molecule has 3 nitrogen and oxygen atoms in total. The largest absolute Gasteiger partial charge is 0.459 e. The van der Waals surface area contributed by atoms with Crippen molar-refractivity contribution in [3.8, 4) is 0 Å². The Morgan fingerprint density at radius 3 is 2.90 bits per heavy atom. The second kappa shape index (κ2) is 5.66. The lowest BCUT2D eigenvalue weighted by Crippen LogP contribution is -2.22. The van der Waals surface area contributed by atoms with E-state index in [1.165, 1.54) is 12.1 Å². The number of fused-ring (bicyclic) bond motifs is 1. The summed E-state index contributed by atoms with van der Waals surface area (Å²) in [5.74, 6) is 0.529. The van der Waals surface area contributed by atoms with Gasteiger partial charge in [0.1, 0.15) is 17.2 Å². The molecule has 2 heterocycles. The number of nitrogens with zero attached hydrogens (tertiary/aromatic N) is 1. The number of hydrogen-bond donors (Lipinski definition) is 1. The van der Waals surface area contributed by atoms with Crippen molar-refractivity contribution >= 4 is 11.0 Å². The molecule has 0 fully saturated rings. The van der Waals surface area contributed by atoms with Crippen LogP contribution in [0.5, 0.6) is 0 Å². The molecule has 0 aliphatic rings. The first-order valence-corrected chi connectivity index (χ1v) is 7.02. The number of nitrogens with one attached hydrogen (secondary N) is 1. The summed E-state index contributed by atoms with van der Waals surface area (Å²) in [6, 6.07) is 8.38. The van der Waals surface area contributed by atoms with Gasteiger partial charge in [0.05, 0.1) is 6.04 Å². The Morgan fingerprint density at radius 2 is 2.14 bits per heavy atom.